The third-order valence-electron chi connectivity index (χ3n) is 4.94. The van der Waals surface area contributed by atoms with E-state index in [2.05, 4.69) is 0 Å². The van der Waals surface area contributed by atoms with Gasteiger partial charge in [0.2, 0.25) is 10.0 Å². The molecule has 1 amide bonds. The Balaban J connectivity index is 1.80. The lowest BCUT2D eigenvalue weighted by atomic mass is 10.1. The summed E-state index contributed by atoms with van der Waals surface area (Å²) in [5.74, 6) is 0.232. The fourth-order valence-electron chi connectivity index (χ4n) is 3.44. The molecule has 3 rings (SSSR count). The normalized spacial score (nSPS) is 22.7. The Kier molecular flexibility index (Phi) is 5.22. The van der Waals surface area contributed by atoms with Gasteiger partial charge in [-0.2, -0.15) is 4.31 Å². The largest absolute Gasteiger partial charge is 0.338 e. The van der Waals surface area contributed by atoms with Gasteiger partial charge in [-0.05, 0) is 49.9 Å². The van der Waals surface area contributed by atoms with Crippen LogP contribution in [0.25, 0.3) is 0 Å². The van der Waals surface area contributed by atoms with Crippen LogP contribution in [0, 0.1) is 5.92 Å². The molecule has 2 aliphatic heterocycles. The van der Waals surface area contributed by atoms with E-state index in [0.717, 1.165) is 25.7 Å². The Hall–Kier alpha value is -1.44. The van der Waals surface area contributed by atoms with Crippen molar-refractivity contribution in [1.29, 1.82) is 0 Å². The Bertz CT molecular complexity index is 699. The number of benzene rings is 1. The number of rotatable bonds is 4. The van der Waals surface area contributed by atoms with Crippen molar-refractivity contribution in [3.8, 4) is 0 Å². The number of hydrogen-bond donors (Lipinski definition) is 1. The standard InChI is InChI=1S/C17H25N3O3S/c18-12-14-7-10-19(13-14)17(21)15-5-4-6-16(11-15)24(22,23)20-8-2-1-3-9-20/h4-6,11,14H,1-3,7-10,12-13,18H2. The summed E-state index contributed by atoms with van der Waals surface area (Å²) >= 11 is 0. The number of likely N-dealkylation sites (tertiary alicyclic amines) is 1. The molecular weight excluding hydrogens is 326 g/mol. The Labute approximate surface area is 143 Å². The van der Waals surface area contributed by atoms with Gasteiger partial charge in [0.1, 0.15) is 0 Å². The minimum absolute atomic E-state index is 0.110. The highest BCUT2D eigenvalue weighted by molar-refractivity contribution is 7.89. The first-order valence-electron chi connectivity index (χ1n) is 8.62. The first kappa shape index (κ1) is 17.4. The maximum absolute atomic E-state index is 12.8. The van der Waals surface area contributed by atoms with Gasteiger partial charge in [0.25, 0.3) is 5.91 Å². The molecule has 1 aromatic rings. The lowest BCUT2D eigenvalue weighted by Crippen LogP contribution is -2.35. The molecule has 0 saturated carbocycles. The third-order valence-corrected chi connectivity index (χ3v) is 6.83. The zero-order chi connectivity index (χ0) is 17.2. The van der Waals surface area contributed by atoms with Gasteiger partial charge in [-0.1, -0.05) is 12.5 Å². The molecule has 1 atom stereocenters. The minimum atomic E-state index is -3.51. The van der Waals surface area contributed by atoms with Crippen molar-refractivity contribution in [2.75, 3.05) is 32.7 Å². The van der Waals surface area contributed by atoms with Crippen LogP contribution in [0.1, 0.15) is 36.0 Å². The van der Waals surface area contributed by atoms with E-state index in [4.69, 9.17) is 5.73 Å². The van der Waals surface area contributed by atoms with Crippen molar-refractivity contribution < 1.29 is 13.2 Å². The number of carbonyl (C=O) groups excluding carboxylic acids is 1. The van der Waals surface area contributed by atoms with Crippen LogP contribution in [0.5, 0.6) is 0 Å². The second-order valence-electron chi connectivity index (χ2n) is 6.63. The molecule has 24 heavy (non-hydrogen) atoms. The van der Waals surface area contributed by atoms with Crippen LogP contribution in [-0.2, 0) is 10.0 Å². The molecule has 2 N–H and O–H groups in total. The Morgan fingerprint density at radius 3 is 2.58 bits per heavy atom. The van der Waals surface area contributed by atoms with Crippen LogP contribution in [0.4, 0.5) is 0 Å². The van der Waals surface area contributed by atoms with Crippen LogP contribution in [0.3, 0.4) is 0 Å². The van der Waals surface area contributed by atoms with Gasteiger partial charge in [0.15, 0.2) is 0 Å². The van der Waals surface area contributed by atoms with E-state index in [1.807, 2.05) is 0 Å². The highest BCUT2D eigenvalue weighted by Crippen LogP contribution is 2.23. The van der Waals surface area contributed by atoms with E-state index in [9.17, 15) is 13.2 Å². The van der Waals surface area contributed by atoms with E-state index >= 15 is 0 Å². The monoisotopic (exact) mass is 351 g/mol. The van der Waals surface area contributed by atoms with E-state index in [-0.39, 0.29) is 10.8 Å². The van der Waals surface area contributed by atoms with Crippen LogP contribution < -0.4 is 5.73 Å². The second-order valence-corrected chi connectivity index (χ2v) is 8.57. The average molecular weight is 351 g/mol. The molecule has 0 aromatic heterocycles. The zero-order valence-corrected chi connectivity index (χ0v) is 14.7. The smallest absolute Gasteiger partial charge is 0.253 e. The first-order chi connectivity index (χ1) is 11.5. The molecule has 6 nitrogen and oxygen atoms in total. The topological polar surface area (TPSA) is 83.7 Å². The van der Waals surface area contributed by atoms with Gasteiger partial charge in [-0.25, -0.2) is 8.42 Å². The molecule has 0 radical (unpaired) electrons. The van der Waals surface area contributed by atoms with Crippen molar-refractivity contribution >= 4 is 15.9 Å². The maximum Gasteiger partial charge on any atom is 0.253 e. The molecule has 0 aliphatic carbocycles. The third kappa shape index (κ3) is 3.48. The molecule has 2 saturated heterocycles. The molecule has 2 heterocycles. The fraction of sp³-hybridized carbons (Fsp3) is 0.588. The molecule has 1 unspecified atom stereocenters. The van der Waals surface area contributed by atoms with Crippen molar-refractivity contribution in [3.05, 3.63) is 29.8 Å². The summed E-state index contributed by atoms with van der Waals surface area (Å²) in [6.07, 6.45) is 3.77. The molecule has 0 bridgehead atoms. The molecule has 7 heteroatoms. The highest BCUT2D eigenvalue weighted by atomic mass is 32.2. The fourth-order valence-corrected chi connectivity index (χ4v) is 5.00. The second kappa shape index (κ2) is 7.21. The summed E-state index contributed by atoms with van der Waals surface area (Å²) in [6, 6.07) is 6.43. The van der Waals surface area contributed by atoms with Crippen molar-refractivity contribution in [1.82, 2.24) is 9.21 Å². The predicted octanol–water partition coefficient (Wildman–Crippen LogP) is 1.28. The van der Waals surface area contributed by atoms with E-state index < -0.39 is 10.0 Å². The molecule has 132 valence electrons. The maximum atomic E-state index is 12.8. The van der Waals surface area contributed by atoms with Crippen molar-refractivity contribution in [3.63, 3.8) is 0 Å². The SMILES string of the molecule is NCC1CCN(C(=O)c2cccc(S(=O)(=O)N3CCCCC3)c2)C1. The molecule has 0 spiro atoms. The van der Waals surface area contributed by atoms with Crippen LogP contribution in [0.2, 0.25) is 0 Å². The van der Waals surface area contributed by atoms with Gasteiger partial charge >= 0.3 is 0 Å². The summed E-state index contributed by atoms with van der Waals surface area (Å²) in [6.45, 7) is 3.03. The van der Waals surface area contributed by atoms with E-state index in [1.54, 1.807) is 23.1 Å². The lowest BCUT2D eigenvalue weighted by Gasteiger charge is -2.26. The van der Waals surface area contributed by atoms with E-state index in [1.165, 1.54) is 10.4 Å². The number of sulfonamides is 1. The zero-order valence-electron chi connectivity index (χ0n) is 13.9. The van der Waals surface area contributed by atoms with Gasteiger partial charge in [-0.3, -0.25) is 4.79 Å². The van der Waals surface area contributed by atoms with Crippen LogP contribution in [-0.4, -0.2) is 56.3 Å². The number of piperidine rings is 1. The number of nitrogens with zero attached hydrogens (tertiary/aromatic N) is 2. The van der Waals surface area contributed by atoms with Gasteiger partial charge < -0.3 is 10.6 Å². The summed E-state index contributed by atoms with van der Waals surface area (Å²) in [5, 5.41) is 0. The molecule has 1 aromatic carbocycles. The van der Waals surface area contributed by atoms with Gasteiger partial charge in [0, 0.05) is 31.7 Å². The van der Waals surface area contributed by atoms with Gasteiger partial charge in [0.05, 0.1) is 4.90 Å². The summed E-state index contributed by atoms with van der Waals surface area (Å²) < 4.78 is 27.1. The highest BCUT2D eigenvalue weighted by Gasteiger charge is 2.29. The minimum Gasteiger partial charge on any atom is -0.338 e. The lowest BCUT2D eigenvalue weighted by molar-refractivity contribution is 0.0787. The van der Waals surface area contributed by atoms with Crippen LogP contribution in [0.15, 0.2) is 29.2 Å². The van der Waals surface area contributed by atoms with E-state index in [0.29, 0.717) is 44.2 Å². The first-order valence-corrected chi connectivity index (χ1v) is 10.1. The van der Waals surface area contributed by atoms with Crippen molar-refractivity contribution in [2.24, 2.45) is 11.7 Å². The molecule has 2 aliphatic rings. The summed E-state index contributed by atoms with van der Waals surface area (Å²) in [5.41, 5.74) is 6.11. The number of carbonyl (C=O) groups is 1. The average Bonchev–Trinajstić information content (AvgIpc) is 3.11. The summed E-state index contributed by atoms with van der Waals surface area (Å²) in [4.78, 5) is 14.6. The predicted molar refractivity (Wildman–Crippen MR) is 92.1 cm³/mol. The number of hydrogen-bond acceptors (Lipinski definition) is 4. The molecule has 2 fully saturated rings. The molecular formula is C17H25N3O3S. The van der Waals surface area contributed by atoms with Crippen molar-refractivity contribution in [2.45, 2.75) is 30.6 Å². The van der Waals surface area contributed by atoms with Gasteiger partial charge in [-0.15, -0.1) is 0 Å². The van der Waals surface area contributed by atoms with Crippen LogP contribution >= 0.6 is 0 Å². The summed E-state index contributed by atoms with van der Waals surface area (Å²) in [7, 11) is -3.51. The Morgan fingerprint density at radius 1 is 1.17 bits per heavy atom. The number of nitrogens with two attached hydrogens (primary N) is 1. The number of amides is 1. The Morgan fingerprint density at radius 2 is 1.92 bits per heavy atom. The quantitative estimate of drug-likeness (QED) is 0.886.